The van der Waals surface area contributed by atoms with Gasteiger partial charge in [-0.15, -0.1) is 0 Å². The van der Waals surface area contributed by atoms with Crippen molar-refractivity contribution >= 4 is 0 Å². The van der Waals surface area contributed by atoms with Crippen molar-refractivity contribution in [2.24, 2.45) is 0 Å². The number of rotatable bonds is 5. The van der Waals surface area contributed by atoms with Crippen LogP contribution in [0.3, 0.4) is 0 Å². The summed E-state index contributed by atoms with van der Waals surface area (Å²) >= 11 is 0. The van der Waals surface area contributed by atoms with Gasteiger partial charge in [0, 0.05) is 31.4 Å². The topological polar surface area (TPSA) is 60.0 Å². The van der Waals surface area contributed by atoms with Crippen LogP contribution >= 0.6 is 0 Å². The van der Waals surface area contributed by atoms with Gasteiger partial charge >= 0.3 is 0 Å². The van der Waals surface area contributed by atoms with E-state index in [2.05, 4.69) is 20.1 Å². The number of likely N-dealkylation sites (tertiary alicyclic amines) is 1. The van der Waals surface area contributed by atoms with Crippen LogP contribution in [-0.2, 0) is 13.1 Å². The van der Waals surface area contributed by atoms with Gasteiger partial charge in [0.05, 0.1) is 18.7 Å². The summed E-state index contributed by atoms with van der Waals surface area (Å²) in [5, 5.41) is 8.22. The van der Waals surface area contributed by atoms with E-state index < -0.39 is 0 Å². The zero-order valence-corrected chi connectivity index (χ0v) is 13.4. The fraction of sp³-hybridized carbons (Fsp3) is 0.353. The number of hydrogen-bond acceptors (Lipinski definition) is 5. The molecule has 1 aliphatic heterocycles. The van der Waals surface area contributed by atoms with Gasteiger partial charge in [-0.25, -0.2) is 4.39 Å². The van der Waals surface area contributed by atoms with Crippen LogP contribution in [-0.4, -0.2) is 37.9 Å². The molecule has 0 N–H and O–H groups in total. The molecule has 24 heavy (non-hydrogen) atoms. The second-order valence-electron chi connectivity index (χ2n) is 6.24. The number of nitrogens with zero attached hydrogens (tertiary/aromatic N) is 5. The normalized spacial score (nSPS) is 15.6. The summed E-state index contributed by atoms with van der Waals surface area (Å²) in [7, 11) is 0. The van der Waals surface area contributed by atoms with E-state index >= 15 is 0 Å². The van der Waals surface area contributed by atoms with E-state index in [1.807, 2.05) is 24.0 Å². The highest BCUT2D eigenvalue weighted by Crippen LogP contribution is 2.26. The van der Waals surface area contributed by atoms with E-state index in [0.717, 1.165) is 36.7 Å². The van der Waals surface area contributed by atoms with Crippen molar-refractivity contribution in [2.45, 2.75) is 25.9 Å². The van der Waals surface area contributed by atoms with Crippen LogP contribution in [0, 0.1) is 12.7 Å². The summed E-state index contributed by atoms with van der Waals surface area (Å²) in [6, 6.07) is 6.50. The highest BCUT2D eigenvalue weighted by Gasteiger charge is 2.32. The monoisotopic (exact) mass is 327 g/mol. The highest BCUT2D eigenvalue weighted by atomic mass is 19.1. The number of halogens is 1. The van der Waals surface area contributed by atoms with Crippen LogP contribution in [0.2, 0.25) is 0 Å². The van der Waals surface area contributed by atoms with Crippen LogP contribution in [0.15, 0.2) is 41.2 Å². The minimum Gasteiger partial charge on any atom is -0.339 e. The van der Waals surface area contributed by atoms with Gasteiger partial charge < -0.3 is 4.52 Å². The molecule has 1 aliphatic rings. The Hall–Kier alpha value is -2.54. The number of benzene rings is 1. The van der Waals surface area contributed by atoms with Crippen LogP contribution in [0.4, 0.5) is 4.39 Å². The molecule has 0 unspecified atom stereocenters. The van der Waals surface area contributed by atoms with Gasteiger partial charge in [-0.3, -0.25) is 9.58 Å². The first kappa shape index (κ1) is 15.0. The summed E-state index contributed by atoms with van der Waals surface area (Å²) in [6.45, 7) is 5.17. The van der Waals surface area contributed by atoms with E-state index in [9.17, 15) is 4.39 Å². The third-order valence-electron chi connectivity index (χ3n) is 4.20. The smallest absolute Gasteiger partial charge is 0.232 e. The van der Waals surface area contributed by atoms with Crippen molar-refractivity contribution < 1.29 is 8.91 Å². The van der Waals surface area contributed by atoms with Crippen molar-refractivity contribution in [2.75, 3.05) is 13.1 Å². The third kappa shape index (κ3) is 3.21. The molecule has 0 bridgehead atoms. The molecule has 0 aliphatic carbocycles. The van der Waals surface area contributed by atoms with Crippen LogP contribution in [0.25, 0.3) is 0 Å². The minimum absolute atomic E-state index is 0.219. The summed E-state index contributed by atoms with van der Waals surface area (Å²) in [4.78, 5) is 6.61. The van der Waals surface area contributed by atoms with Crippen molar-refractivity contribution in [1.29, 1.82) is 0 Å². The molecule has 0 spiro atoms. The predicted octanol–water partition coefficient (Wildman–Crippen LogP) is 2.36. The second kappa shape index (κ2) is 6.16. The number of aromatic nitrogens is 4. The second-order valence-corrected chi connectivity index (χ2v) is 6.24. The Labute approximate surface area is 138 Å². The molecule has 3 heterocycles. The predicted molar refractivity (Wildman–Crippen MR) is 84.8 cm³/mol. The maximum Gasteiger partial charge on any atom is 0.232 e. The first-order valence-electron chi connectivity index (χ1n) is 7.94. The van der Waals surface area contributed by atoms with Gasteiger partial charge in [-0.05, 0) is 24.6 Å². The molecule has 1 fully saturated rings. The van der Waals surface area contributed by atoms with Crippen molar-refractivity contribution in [3.05, 3.63) is 65.3 Å². The minimum atomic E-state index is -0.219. The fourth-order valence-corrected chi connectivity index (χ4v) is 2.94. The maximum atomic E-state index is 12.9. The van der Waals surface area contributed by atoms with Gasteiger partial charge in [0.2, 0.25) is 5.89 Å². The first-order valence-corrected chi connectivity index (χ1v) is 7.94. The molecule has 1 aromatic carbocycles. The Bertz CT molecular complexity index is 820. The van der Waals surface area contributed by atoms with Crippen molar-refractivity contribution in [3.63, 3.8) is 0 Å². The van der Waals surface area contributed by atoms with E-state index in [4.69, 9.17) is 4.52 Å². The first-order chi connectivity index (χ1) is 11.7. The van der Waals surface area contributed by atoms with E-state index in [0.29, 0.717) is 18.3 Å². The largest absolute Gasteiger partial charge is 0.339 e. The molecule has 3 aromatic rings. The Balaban J connectivity index is 1.31. The van der Waals surface area contributed by atoms with Gasteiger partial charge in [-0.1, -0.05) is 17.3 Å². The average Bonchev–Trinajstić information content (AvgIpc) is 3.14. The highest BCUT2D eigenvalue weighted by molar-refractivity contribution is 5.17. The lowest BCUT2D eigenvalue weighted by molar-refractivity contribution is 0.117. The molecular weight excluding hydrogens is 309 g/mol. The van der Waals surface area contributed by atoms with Crippen molar-refractivity contribution in [1.82, 2.24) is 24.8 Å². The van der Waals surface area contributed by atoms with Crippen LogP contribution in [0.5, 0.6) is 0 Å². The zero-order valence-electron chi connectivity index (χ0n) is 13.4. The molecular formula is C17H18FN5O. The Morgan fingerprint density at radius 2 is 1.96 bits per heavy atom. The quantitative estimate of drug-likeness (QED) is 0.720. The van der Waals surface area contributed by atoms with E-state index in [-0.39, 0.29) is 5.82 Å². The lowest BCUT2D eigenvalue weighted by Crippen LogP contribution is -2.44. The molecule has 0 amide bonds. The summed E-state index contributed by atoms with van der Waals surface area (Å²) in [5.74, 6) is 1.53. The van der Waals surface area contributed by atoms with Crippen molar-refractivity contribution in [3.8, 4) is 0 Å². The molecule has 0 saturated carbocycles. The SMILES string of the molecule is Cc1noc(C2CN(Cc3cnn(Cc4ccc(F)cc4)c3)C2)n1. The summed E-state index contributed by atoms with van der Waals surface area (Å²) < 4.78 is 20.0. The lowest BCUT2D eigenvalue weighted by Gasteiger charge is -2.36. The van der Waals surface area contributed by atoms with Gasteiger partial charge in [0.15, 0.2) is 5.82 Å². The van der Waals surface area contributed by atoms with E-state index in [1.165, 1.54) is 12.1 Å². The fourth-order valence-electron chi connectivity index (χ4n) is 2.94. The molecule has 2 aromatic heterocycles. The standard InChI is InChI=1S/C17H18FN5O/c1-12-20-17(24-21-12)15-10-22(11-15)7-14-6-19-23(9-14)8-13-2-4-16(18)5-3-13/h2-6,9,15H,7-8,10-11H2,1H3. The molecule has 7 heteroatoms. The maximum absolute atomic E-state index is 12.9. The van der Waals surface area contributed by atoms with Gasteiger partial charge in [-0.2, -0.15) is 10.1 Å². The summed E-state index contributed by atoms with van der Waals surface area (Å²) in [6.07, 6.45) is 3.92. The Morgan fingerprint density at radius 1 is 1.17 bits per heavy atom. The number of aryl methyl sites for hydroxylation is 1. The lowest BCUT2D eigenvalue weighted by atomic mass is 10.00. The molecule has 0 atom stereocenters. The van der Waals surface area contributed by atoms with Crippen LogP contribution < -0.4 is 0 Å². The molecule has 1 saturated heterocycles. The van der Waals surface area contributed by atoms with Gasteiger partial charge in [0.25, 0.3) is 0 Å². The molecule has 124 valence electrons. The Morgan fingerprint density at radius 3 is 2.67 bits per heavy atom. The van der Waals surface area contributed by atoms with Gasteiger partial charge in [0.1, 0.15) is 5.82 Å². The Kier molecular flexibility index (Phi) is 3.86. The molecule has 6 nitrogen and oxygen atoms in total. The summed E-state index contributed by atoms with van der Waals surface area (Å²) in [5.41, 5.74) is 2.19. The number of hydrogen-bond donors (Lipinski definition) is 0. The molecule has 0 radical (unpaired) electrons. The third-order valence-corrected chi connectivity index (χ3v) is 4.20. The van der Waals surface area contributed by atoms with Crippen LogP contribution in [0.1, 0.15) is 28.8 Å². The van der Waals surface area contributed by atoms with E-state index in [1.54, 1.807) is 12.1 Å². The molecule has 4 rings (SSSR count). The average molecular weight is 327 g/mol. The zero-order chi connectivity index (χ0) is 16.5.